The van der Waals surface area contributed by atoms with Gasteiger partial charge in [0.1, 0.15) is 28.4 Å². The minimum absolute atomic E-state index is 0.188. The third-order valence-electron chi connectivity index (χ3n) is 7.75. The zero-order chi connectivity index (χ0) is 33.6. The van der Waals surface area contributed by atoms with Crippen molar-refractivity contribution >= 4 is 49.7 Å². The van der Waals surface area contributed by atoms with E-state index in [2.05, 4.69) is 10.3 Å². The van der Waals surface area contributed by atoms with Crippen molar-refractivity contribution < 1.29 is 40.7 Å². The van der Waals surface area contributed by atoms with Crippen molar-refractivity contribution in [3.05, 3.63) is 89.7 Å². The summed E-state index contributed by atoms with van der Waals surface area (Å²) in [6.07, 6.45) is 1.07. The smallest absolute Gasteiger partial charge is 0.337 e. The van der Waals surface area contributed by atoms with E-state index in [4.69, 9.17) is 18.3 Å². The van der Waals surface area contributed by atoms with Crippen LogP contribution in [-0.4, -0.2) is 59.8 Å². The van der Waals surface area contributed by atoms with Crippen LogP contribution >= 0.6 is 0 Å². The molecule has 2 aromatic heterocycles. The number of amides is 1. The fraction of sp³-hybridized carbons (Fsp3) is 0.147. The van der Waals surface area contributed by atoms with Gasteiger partial charge in [-0.1, -0.05) is 6.07 Å². The summed E-state index contributed by atoms with van der Waals surface area (Å²) >= 11 is 0. The Morgan fingerprint density at radius 1 is 0.894 bits per heavy atom. The van der Waals surface area contributed by atoms with Gasteiger partial charge in [-0.2, -0.15) is 0 Å². The highest BCUT2D eigenvalue weighted by molar-refractivity contribution is 7.92. The van der Waals surface area contributed by atoms with Crippen LogP contribution in [0.4, 0.5) is 10.1 Å². The maximum atomic E-state index is 13.7. The Kier molecular flexibility index (Phi) is 7.93. The van der Waals surface area contributed by atoms with E-state index in [1.165, 1.54) is 52.6 Å². The largest absolute Gasteiger partial charge is 0.496 e. The van der Waals surface area contributed by atoms with Gasteiger partial charge >= 0.3 is 5.97 Å². The monoisotopic (exact) mass is 657 g/mol. The highest BCUT2D eigenvalue weighted by Crippen LogP contribution is 2.43. The van der Waals surface area contributed by atoms with E-state index in [-0.39, 0.29) is 28.5 Å². The number of carbonyl (C=O) groups is 2. The number of fused-ring (bicyclic) bond motifs is 2. The summed E-state index contributed by atoms with van der Waals surface area (Å²) in [4.78, 5) is 29.9. The summed E-state index contributed by atoms with van der Waals surface area (Å²) in [5.74, 6) is -0.631. The maximum absolute atomic E-state index is 13.7. The number of carbonyl (C=O) groups excluding carboxylic acids is 2. The van der Waals surface area contributed by atoms with Gasteiger partial charge in [0.2, 0.25) is 15.9 Å². The molecular weight excluding hydrogens is 629 g/mol. The van der Waals surface area contributed by atoms with E-state index >= 15 is 0 Å². The van der Waals surface area contributed by atoms with Crippen LogP contribution in [-0.2, 0) is 14.8 Å². The average molecular weight is 658 g/mol. The molecule has 0 bridgehead atoms. The van der Waals surface area contributed by atoms with Crippen LogP contribution in [0.5, 0.6) is 5.75 Å². The van der Waals surface area contributed by atoms with Crippen molar-refractivity contribution in [3.8, 4) is 39.7 Å². The zero-order valence-corrected chi connectivity index (χ0v) is 26.7. The molecule has 0 spiro atoms. The lowest BCUT2D eigenvalue weighted by atomic mass is 9.97. The van der Waals surface area contributed by atoms with E-state index in [1.807, 2.05) is 0 Å². The lowest BCUT2D eigenvalue weighted by molar-refractivity contribution is 0.0600. The molecule has 0 radical (unpaired) electrons. The van der Waals surface area contributed by atoms with Crippen molar-refractivity contribution in [3.63, 3.8) is 0 Å². The second-order valence-electron chi connectivity index (χ2n) is 10.6. The highest BCUT2D eigenvalue weighted by atomic mass is 32.2. The first kappa shape index (κ1) is 31.3. The number of anilines is 1. The van der Waals surface area contributed by atoms with Crippen molar-refractivity contribution in [2.24, 2.45) is 0 Å². The van der Waals surface area contributed by atoms with Crippen LogP contribution in [0.2, 0.25) is 0 Å². The Morgan fingerprint density at radius 3 is 2.28 bits per heavy atom. The molecule has 0 saturated carbocycles. The topological polar surface area (TPSA) is 141 Å². The lowest BCUT2D eigenvalue weighted by Gasteiger charge is -2.21. The third-order valence-corrected chi connectivity index (χ3v) is 8.94. The number of methoxy groups -OCH3 is 2. The molecule has 0 aliphatic heterocycles. The summed E-state index contributed by atoms with van der Waals surface area (Å²) in [5.41, 5.74) is 3.71. The number of nitrogens with zero attached hydrogens (tertiary/aromatic N) is 2. The highest BCUT2D eigenvalue weighted by Gasteiger charge is 2.27. The summed E-state index contributed by atoms with van der Waals surface area (Å²) in [6, 6.07) is 18.6. The predicted octanol–water partition coefficient (Wildman–Crippen LogP) is 6.26. The Labute approximate surface area is 268 Å². The number of aromatic nitrogens is 1. The van der Waals surface area contributed by atoms with Gasteiger partial charge in [-0.3, -0.25) is 9.10 Å². The molecule has 0 fully saturated rings. The zero-order valence-electron chi connectivity index (χ0n) is 25.9. The van der Waals surface area contributed by atoms with E-state index < -0.39 is 27.7 Å². The number of halogens is 1. The van der Waals surface area contributed by atoms with Gasteiger partial charge in [0, 0.05) is 36.7 Å². The van der Waals surface area contributed by atoms with E-state index in [1.54, 1.807) is 48.5 Å². The molecule has 1 N–H and O–H groups in total. The number of benzene rings is 4. The summed E-state index contributed by atoms with van der Waals surface area (Å²) in [6.45, 7) is 0. The van der Waals surface area contributed by atoms with E-state index in [9.17, 15) is 22.4 Å². The third kappa shape index (κ3) is 5.65. The number of sulfonamides is 1. The molecule has 4 aromatic carbocycles. The predicted molar refractivity (Wildman–Crippen MR) is 175 cm³/mol. The lowest BCUT2D eigenvalue weighted by Crippen LogP contribution is -2.25. The van der Waals surface area contributed by atoms with Gasteiger partial charge < -0.3 is 23.6 Å². The Hall–Kier alpha value is -5.69. The number of oxazole rings is 1. The van der Waals surface area contributed by atoms with E-state index in [0.717, 1.165) is 10.6 Å². The number of esters is 1. The first-order valence-electron chi connectivity index (χ1n) is 14.1. The molecule has 11 nitrogen and oxygen atoms in total. The number of hydrogen-bond donors (Lipinski definition) is 1. The molecule has 0 saturated heterocycles. The summed E-state index contributed by atoms with van der Waals surface area (Å²) in [7, 11) is 1.90. The molecule has 13 heteroatoms. The number of rotatable bonds is 8. The van der Waals surface area contributed by atoms with Gasteiger partial charge in [-0.25, -0.2) is 22.6 Å². The Balaban J connectivity index is 1.60. The average Bonchev–Trinajstić information content (AvgIpc) is 3.67. The minimum atomic E-state index is -3.76. The van der Waals surface area contributed by atoms with Crippen LogP contribution in [0.3, 0.4) is 0 Å². The van der Waals surface area contributed by atoms with E-state index in [0.29, 0.717) is 50.1 Å². The molecular formula is C34H28FN3O8S. The molecule has 47 heavy (non-hydrogen) atoms. The van der Waals surface area contributed by atoms with Crippen LogP contribution in [0, 0.1) is 5.82 Å². The SMILES string of the molecule is CNC(=O)c1c(-c2ccc(F)cc2)oc2cc(N(C)S(C)(=O)=O)c(-c3ccc(OC)c(-c4nc5cc(C(=O)OC)ccc5o4)c3)cc12. The normalized spacial score (nSPS) is 11.5. The minimum Gasteiger partial charge on any atom is -0.496 e. The first-order valence-corrected chi connectivity index (χ1v) is 16.0. The first-order chi connectivity index (χ1) is 22.4. The van der Waals surface area contributed by atoms with Crippen LogP contribution in [0.15, 0.2) is 81.6 Å². The maximum Gasteiger partial charge on any atom is 0.337 e. The number of furan rings is 1. The molecule has 240 valence electrons. The van der Waals surface area contributed by atoms with Crippen molar-refractivity contribution in [1.29, 1.82) is 0 Å². The molecule has 1 amide bonds. The fourth-order valence-corrected chi connectivity index (χ4v) is 5.80. The standard InChI is InChI=1S/C34H28FN3O8S/c1-36-32(39)30-23-16-22(26(38(2)47(5,41)42)17-29(23)45-31(30)18-6-10-21(35)11-7-18)19-8-12-27(43-3)24(14-19)33-37-25-15-20(34(40)44-4)9-13-28(25)46-33/h6-17H,1-5H3,(H,36,39). The van der Waals surface area contributed by atoms with Crippen LogP contribution < -0.4 is 14.4 Å². The van der Waals surface area contributed by atoms with Crippen LogP contribution in [0.25, 0.3) is 56.0 Å². The van der Waals surface area contributed by atoms with Crippen molar-refractivity contribution in [2.75, 3.05) is 38.9 Å². The molecule has 0 unspecified atom stereocenters. The number of nitrogens with one attached hydrogen (secondary N) is 1. The fourth-order valence-electron chi connectivity index (χ4n) is 5.29. The van der Waals surface area contributed by atoms with Crippen molar-refractivity contribution in [2.45, 2.75) is 0 Å². The molecule has 6 rings (SSSR count). The quantitative estimate of drug-likeness (QED) is 0.188. The Bertz CT molecular complexity index is 2310. The summed E-state index contributed by atoms with van der Waals surface area (Å²) in [5, 5.41) is 3.03. The van der Waals surface area contributed by atoms with Gasteiger partial charge in [-0.05, 0) is 66.2 Å². The molecule has 0 aliphatic carbocycles. The Morgan fingerprint density at radius 2 is 1.62 bits per heavy atom. The molecule has 6 aromatic rings. The summed E-state index contributed by atoms with van der Waals surface area (Å²) < 4.78 is 63.2. The second kappa shape index (κ2) is 11.9. The van der Waals surface area contributed by atoms with Gasteiger partial charge in [0.25, 0.3) is 5.91 Å². The van der Waals surface area contributed by atoms with Crippen LogP contribution in [0.1, 0.15) is 20.7 Å². The van der Waals surface area contributed by atoms with Gasteiger partial charge in [0.05, 0.1) is 42.9 Å². The second-order valence-corrected chi connectivity index (χ2v) is 12.6. The van der Waals surface area contributed by atoms with Gasteiger partial charge in [-0.15, -0.1) is 0 Å². The molecule has 2 heterocycles. The molecule has 0 aliphatic rings. The van der Waals surface area contributed by atoms with Gasteiger partial charge in [0.15, 0.2) is 5.58 Å². The number of hydrogen-bond acceptors (Lipinski definition) is 9. The number of ether oxygens (including phenoxy) is 2. The molecule has 0 atom stereocenters. The van der Waals surface area contributed by atoms with Crippen molar-refractivity contribution in [1.82, 2.24) is 10.3 Å².